The number of carbonyl (C=O) groups is 1. The molecule has 0 aliphatic carbocycles. The highest BCUT2D eigenvalue weighted by atomic mass is 127. The fraction of sp³-hybridized carbons (Fsp3) is 0.600. The third-order valence-corrected chi connectivity index (χ3v) is 4.08. The van der Waals surface area contributed by atoms with Crippen LogP contribution < -0.4 is 25.4 Å². The fourth-order valence-corrected chi connectivity index (χ4v) is 2.45. The second-order valence-electron chi connectivity index (χ2n) is 6.80. The quantitative estimate of drug-likeness (QED) is 0.258. The number of hydrogen-bond acceptors (Lipinski definition) is 4. The van der Waals surface area contributed by atoms with Gasteiger partial charge in [0.05, 0.1) is 26.2 Å². The zero-order valence-corrected chi connectivity index (χ0v) is 20.2. The molecule has 0 saturated heterocycles. The van der Waals surface area contributed by atoms with Crippen LogP contribution in [0.15, 0.2) is 23.2 Å². The van der Waals surface area contributed by atoms with Gasteiger partial charge < -0.3 is 25.4 Å². The number of halogens is 1. The first-order valence-corrected chi connectivity index (χ1v) is 9.39. The normalized spacial score (nSPS) is 11.3. The largest absolute Gasteiger partial charge is 0.493 e. The molecular weight excluding hydrogens is 471 g/mol. The Balaban J connectivity index is 0.00000729. The summed E-state index contributed by atoms with van der Waals surface area (Å²) in [6, 6.07) is 5.90. The van der Waals surface area contributed by atoms with Gasteiger partial charge in [0.1, 0.15) is 0 Å². The summed E-state index contributed by atoms with van der Waals surface area (Å²) in [5, 5.41) is 9.38. The molecule has 0 aliphatic rings. The van der Waals surface area contributed by atoms with Crippen molar-refractivity contribution in [2.75, 3.05) is 40.4 Å². The number of guanidine groups is 1. The monoisotopic (exact) mass is 506 g/mol. The van der Waals surface area contributed by atoms with Crippen molar-refractivity contribution in [3.8, 4) is 11.5 Å². The number of methoxy groups -OCH3 is 2. The van der Waals surface area contributed by atoms with E-state index in [-0.39, 0.29) is 29.9 Å². The zero-order chi connectivity index (χ0) is 20.3. The summed E-state index contributed by atoms with van der Waals surface area (Å²) in [6.45, 7) is 10.2. The Kier molecular flexibility index (Phi) is 12.6. The maximum Gasteiger partial charge on any atom is 0.227 e. The fourth-order valence-electron chi connectivity index (χ4n) is 2.45. The van der Waals surface area contributed by atoms with Crippen LogP contribution >= 0.6 is 24.0 Å². The van der Waals surface area contributed by atoms with Gasteiger partial charge in [-0.05, 0) is 51.8 Å². The van der Waals surface area contributed by atoms with E-state index < -0.39 is 5.41 Å². The number of rotatable bonds is 10. The molecule has 0 saturated carbocycles. The molecule has 1 amide bonds. The molecule has 0 unspecified atom stereocenters. The van der Waals surface area contributed by atoms with E-state index in [0.717, 1.165) is 30.0 Å². The van der Waals surface area contributed by atoms with Crippen molar-refractivity contribution in [1.82, 2.24) is 16.0 Å². The number of nitrogens with one attached hydrogen (secondary N) is 3. The van der Waals surface area contributed by atoms with Gasteiger partial charge >= 0.3 is 0 Å². The summed E-state index contributed by atoms with van der Waals surface area (Å²) in [5.74, 6) is 2.15. The lowest BCUT2D eigenvalue weighted by Gasteiger charge is -2.22. The number of amides is 1. The van der Waals surface area contributed by atoms with Gasteiger partial charge in [-0.1, -0.05) is 6.07 Å². The van der Waals surface area contributed by atoms with E-state index in [9.17, 15) is 4.79 Å². The van der Waals surface area contributed by atoms with Crippen LogP contribution in [0.25, 0.3) is 0 Å². The van der Waals surface area contributed by atoms with Crippen LogP contribution in [-0.4, -0.2) is 52.3 Å². The molecule has 0 spiro atoms. The lowest BCUT2D eigenvalue weighted by molar-refractivity contribution is -0.128. The summed E-state index contributed by atoms with van der Waals surface area (Å²) < 4.78 is 10.6. The molecule has 0 aliphatic heterocycles. The molecule has 3 N–H and O–H groups in total. The Bertz CT molecular complexity index is 636. The van der Waals surface area contributed by atoms with E-state index in [1.807, 2.05) is 45.9 Å². The molecule has 0 fully saturated rings. The zero-order valence-electron chi connectivity index (χ0n) is 17.8. The third-order valence-electron chi connectivity index (χ3n) is 4.08. The van der Waals surface area contributed by atoms with Gasteiger partial charge in [0.15, 0.2) is 17.5 Å². The van der Waals surface area contributed by atoms with Crippen LogP contribution in [0.4, 0.5) is 0 Å². The molecule has 8 heteroatoms. The lowest BCUT2D eigenvalue weighted by Crippen LogP contribution is -2.42. The van der Waals surface area contributed by atoms with Crippen LogP contribution in [0, 0.1) is 5.41 Å². The molecule has 28 heavy (non-hydrogen) atoms. The van der Waals surface area contributed by atoms with Crippen molar-refractivity contribution < 1.29 is 14.3 Å². The molecule has 0 radical (unpaired) electrons. The second kappa shape index (κ2) is 13.5. The number of benzene rings is 1. The van der Waals surface area contributed by atoms with Gasteiger partial charge in [0.25, 0.3) is 0 Å². The van der Waals surface area contributed by atoms with Crippen molar-refractivity contribution in [1.29, 1.82) is 0 Å². The maximum atomic E-state index is 12.1. The SMILES string of the molecule is CCNC(=O)C(C)(C)CN=C(NCC)NCCc1ccc(OC)c(OC)c1.I. The standard InChI is InChI=1S/C20H34N4O3.HI/c1-7-21-18(25)20(3,4)14-24-19(22-8-2)23-12-11-15-9-10-16(26-5)17(13-15)27-6;/h9-10,13H,7-8,11-12,14H2,1-6H3,(H,21,25)(H2,22,23,24);1H. The first-order chi connectivity index (χ1) is 12.9. The van der Waals surface area contributed by atoms with Crippen LogP contribution in [0.2, 0.25) is 0 Å². The first-order valence-electron chi connectivity index (χ1n) is 9.39. The maximum absolute atomic E-state index is 12.1. The van der Waals surface area contributed by atoms with Gasteiger partial charge in [0, 0.05) is 19.6 Å². The average molecular weight is 506 g/mol. The molecule has 0 aromatic heterocycles. The molecule has 160 valence electrons. The Morgan fingerprint density at radius 3 is 2.25 bits per heavy atom. The van der Waals surface area contributed by atoms with Gasteiger partial charge in [-0.25, -0.2) is 0 Å². The predicted octanol–water partition coefficient (Wildman–Crippen LogP) is 2.58. The molecule has 7 nitrogen and oxygen atoms in total. The summed E-state index contributed by atoms with van der Waals surface area (Å²) in [4.78, 5) is 16.7. The number of carbonyl (C=O) groups excluding carboxylic acids is 1. The smallest absolute Gasteiger partial charge is 0.227 e. The highest BCUT2D eigenvalue weighted by Gasteiger charge is 2.26. The van der Waals surface area contributed by atoms with Gasteiger partial charge in [0.2, 0.25) is 5.91 Å². The van der Waals surface area contributed by atoms with E-state index in [2.05, 4.69) is 20.9 Å². The minimum atomic E-state index is -0.554. The van der Waals surface area contributed by atoms with E-state index in [1.165, 1.54) is 0 Å². The molecule has 0 heterocycles. The highest BCUT2D eigenvalue weighted by Crippen LogP contribution is 2.27. The van der Waals surface area contributed by atoms with Gasteiger partial charge in [-0.2, -0.15) is 0 Å². The molecular formula is C20H35IN4O3. The van der Waals surface area contributed by atoms with E-state index in [4.69, 9.17) is 9.47 Å². The molecule has 1 rings (SSSR count). The van der Waals surface area contributed by atoms with E-state index in [0.29, 0.717) is 25.6 Å². The number of hydrogen-bond donors (Lipinski definition) is 3. The number of nitrogens with zero attached hydrogens (tertiary/aromatic N) is 1. The second-order valence-corrected chi connectivity index (χ2v) is 6.80. The van der Waals surface area contributed by atoms with Crippen molar-refractivity contribution in [3.05, 3.63) is 23.8 Å². The Morgan fingerprint density at radius 1 is 1.04 bits per heavy atom. The van der Waals surface area contributed by atoms with Crippen molar-refractivity contribution in [2.45, 2.75) is 34.1 Å². The Labute approximate surface area is 186 Å². The van der Waals surface area contributed by atoms with Gasteiger partial charge in [-0.3, -0.25) is 9.79 Å². The number of aliphatic imine (C=N–C) groups is 1. The topological polar surface area (TPSA) is 84.0 Å². The van der Waals surface area contributed by atoms with Crippen molar-refractivity contribution in [3.63, 3.8) is 0 Å². The Hall–Kier alpha value is -1.71. The molecule has 0 bridgehead atoms. The first kappa shape index (κ1) is 26.3. The summed E-state index contributed by atoms with van der Waals surface area (Å²) in [7, 11) is 3.26. The minimum absolute atomic E-state index is 0. The van der Waals surface area contributed by atoms with Crippen LogP contribution in [0.1, 0.15) is 33.3 Å². The third kappa shape index (κ3) is 8.53. The number of ether oxygens (including phenoxy) is 2. The lowest BCUT2D eigenvalue weighted by atomic mass is 9.92. The minimum Gasteiger partial charge on any atom is -0.493 e. The van der Waals surface area contributed by atoms with Gasteiger partial charge in [-0.15, -0.1) is 24.0 Å². The highest BCUT2D eigenvalue weighted by molar-refractivity contribution is 14.0. The summed E-state index contributed by atoms with van der Waals surface area (Å²) in [6.07, 6.45) is 0.810. The van der Waals surface area contributed by atoms with Crippen LogP contribution in [0.3, 0.4) is 0 Å². The van der Waals surface area contributed by atoms with Crippen LogP contribution in [0.5, 0.6) is 11.5 Å². The van der Waals surface area contributed by atoms with E-state index in [1.54, 1.807) is 14.2 Å². The van der Waals surface area contributed by atoms with Crippen molar-refractivity contribution in [2.24, 2.45) is 10.4 Å². The average Bonchev–Trinajstić information content (AvgIpc) is 2.66. The van der Waals surface area contributed by atoms with Crippen molar-refractivity contribution >= 4 is 35.8 Å². The summed E-state index contributed by atoms with van der Waals surface area (Å²) >= 11 is 0. The molecule has 1 aromatic carbocycles. The Morgan fingerprint density at radius 2 is 1.68 bits per heavy atom. The van der Waals surface area contributed by atoms with E-state index >= 15 is 0 Å². The summed E-state index contributed by atoms with van der Waals surface area (Å²) in [5.41, 5.74) is 0.584. The molecule has 0 atom stereocenters. The van der Waals surface area contributed by atoms with Crippen LogP contribution in [-0.2, 0) is 11.2 Å². The predicted molar refractivity (Wildman–Crippen MR) is 125 cm³/mol. The molecule has 1 aromatic rings.